The Hall–Kier alpha value is -5.31. The van der Waals surface area contributed by atoms with Crippen molar-refractivity contribution in [2.45, 2.75) is 24.0 Å². The van der Waals surface area contributed by atoms with E-state index in [0.717, 1.165) is 27.1 Å². The van der Waals surface area contributed by atoms with E-state index in [1.165, 1.54) is 18.9 Å². The number of ether oxygens (including phenoxy) is 1. The van der Waals surface area contributed by atoms with Gasteiger partial charge in [0.25, 0.3) is 11.8 Å². The lowest BCUT2D eigenvalue weighted by Crippen LogP contribution is -2.30. The van der Waals surface area contributed by atoms with Crippen LogP contribution in [0.15, 0.2) is 132 Å². The lowest BCUT2D eigenvalue weighted by molar-refractivity contribution is -0.115. The number of aryl methyl sites for hydroxylation is 1. The molecule has 0 spiro atoms. The molecule has 3 N–H and O–H groups in total. The summed E-state index contributed by atoms with van der Waals surface area (Å²) < 4.78 is 5.39. The zero-order chi connectivity index (χ0) is 34.0. The van der Waals surface area contributed by atoms with Crippen molar-refractivity contribution in [3.05, 3.63) is 149 Å². The minimum Gasteiger partial charge on any atom is -0.495 e. The van der Waals surface area contributed by atoms with Gasteiger partial charge in [0, 0.05) is 27.2 Å². The standard InChI is InChI=1S/C39H34ClN3O4S/c1-25-21-34(36(47-3)24-33(25)40)42-37(44)26(2)48-32-16-10-15-31(23-32)41-39(46)35(43-38(45)30-13-8-5-9-14-30)22-27-17-19-29(20-18-27)28-11-6-4-7-12-28/h4-24,26H,1-3H3,(H,41,46)(H,42,44)(H,43,45)/b35-22+. The molecule has 242 valence electrons. The summed E-state index contributed by atoms with van der Waals surface area (Å²) in [5.41, 5.74) is 5.21. The summed E-state index contributed by atoms with van der Waals surface area (Å²) in [4.78, 5) is 40.6. The molecule has 0 aliphatic rings. The Balaban J connectivity index is 1.32. The van der Waals surface area contributed by atoms with Crippen molar-refractivity contribution in [3.8, 4) is 16.9 Å². The van der Waals surface area contributed by atoms with Crippen molar-refractivity contribution in [2.75, 3.05) is 17.7 Å². The second kappa shape index (κ2) is 16.0. The van der Waals surface area contributed by atoms with Gasteiger partial charge in [-0.05, 0) is 78.6 Å². The first kappa shape index (κ1) is 34.0. The molecular weight excluding hydrogens is 642 g/mol. The van der Waals surface area contributed by atoms with Gasteiger partial charge >= 0.3 is 0 Å². The molecule has 0 fully saturated rings. The Morgan fingerprint density at radius 1 is 0.792 bits per heavy atom. The summed E-state index contributed by atoms with van der Waals surface area (Å²) >= 11 is 7.55. The molecule has 9 heteroatoms. The van der Waals surface area contributed by atoms with Crippen LogP contribution in [-0.2, 0) is 9.59 Å². The van der Waals surface area contributed by atoms with Crippen LogP contribution in [0.1, 0.15) is 28.4 Å². The van der Waals surface area contributed by atoms with Gasteiger partial charge in [-0.3, -0.25) is 14.4 Å². The summed E-state index contributed by atoms with van der Waals surface area (Å²) in [5.74, 6) is -0.656. The number of anilines is 2. The van der Waals surface area contributed by atoms with Crippen LogP contribution in [0.4, 0.5) is 11.4 Å². The molecule has 5 aromatic rings. The number of hydrogen-bond acceptors (Lipinski definition) is 5. The summed E-state index contributed by atoms with van der Waals surface area (Å²) in [6.45, 7) is 3.65. The number of thioether (sulfide) groups is 1. The molecule has 0 aliphatic heterocycles. The molecule has 0 aromatic heterocycles. The average molecular weight is 676 g/mol. The molecule has 1 atom stereocenters. The van der Waals surface area contributed by atoms with E-state index in [9.17, 15) is 14.4 Å². The maximum atomic E-state index is 13.6. The van der Waals surface area contributed by atoms with Crippen LogP contribution < -0.4 is 20.7 Å². The molecule has 0 saturated carbocycles. The van der Waals surface area contributed by atoms with E-state index in [-0.39, 0.29) is 11.6 Å². The molecule has 0 aliphatic carbocycles. The number of rotatable bonds is 11. The molecule has 0 radical (unpaired) electrons. The summed E-state index contributed by atoms with van der Waals surface area (Å²) in [6, 6.07) is 37.0. The fourth-order valence-corrected chi connectivity index (χ4v) is 5.86. The molecule has 7 nitrogen and oxygen atoms in total. The van der Waals surface area contributed by atoms with Crippen LogP contribution >= 0.6 is 23.4 Å². The van der Waals surface area contributed by atoms with Crippen LogP contribution in [0.5, 0.6) is 5.75 Å². The predicted molar refractivity (Wildman–Crippen MR) is 196 cm³/mol. The summed E-state index contributed by atoms with van der Waals surface area (Å²) in [7, 11) is 1.52. The van der Waals surface area contributed by atoms with Crippen LogP contribution in [0, 0.1) is 6.92 Å². The Morgan fingerprint density at radius 3 is 2.15 bits per heavy atom. The van der Waals surface area contributed by atoms with Gasteiger partial charge < -0.3 is 20.7 Å². The van der Waals surface area contributed by atoms with Crippen LogP contribution in [0.3, 0.4) is 0 Å². The van der Waals surface area contributed by atoms with E-state index in [1.54, 1.807) is 67.6 Å². The zero-order valence-corrected chi connectivity index (χ0v) is 28.2. The van der Waals surface area contributed by atoms with Gasteiger partial charge in [0.15, 0.2) is 0 Å². The molecule has 5 aromatic carbocycles. The number of methoxy groups -OCH3 is 1. The highest BCUT2D eigenvalue weighted by atomic mass is 35.5. The number of amides is 3. The van der Waals surface area contributed by atoms with E-state index in [2.05, 4.69) is 16.0 Å². The third-order valence-corrected chi connectivity index (χ3v) is 8.87. The highest BCUT2D eigenvalue weighted by Gasteiger charge is 2.19. The van der Waals surface area contributed by atoms with Crippen molar-refractivity contribution in [2.24, 2.45) is 0 Å². The largest absolute Gasteiger partial charge is 0.495 e. The minimum atomic E-state index is -0.496. The Kier molecular flexibility index (Phi) is 11.3. The topological polar surface area (TPSA) is 96.5 Å². The van der Waals surface area contributed by atoms with E-state index in [4.69, 9.17) is 16.3 Å². The Bertz CT molecular complexity index is 1950. The van der Waals surface area contributed by atoms with Gasteiger partial charge in [0.1, 0.15) is 11.4 Å². The maximum absolute atomic E-state index is 13.6. The molecule has 1 unspecified atom stereocenters. The van der Waals surface area contributed by atoms with E-state index in [0.29, 0.717) is 27.7 Å². The van der Waals surface area contributed by atoms with Crippen molar-refractivity contribution < 1.29 is 19.1 Å². The quantitative estimate of drug-likeness (QED) is 0.0960. The Morgan fingerprint density at radius 2 is 1.46 bits per heavy atom. The maximum Gasteiger partial charge on any atom is 0.272 e. The monoisotopic (exact) mass is 675 g/mol. The van der Waals surface area contributed by atoms with Gasteiger partial charge in [-0.1, -0.05) is 90.5 Å². The lowest BCUT2D eigenvalue weighted by Gasteiger charge is -2.16. The van der Waals surface area contributed by atoms with Gasteiger partial charge in [-0.2, -0.15) is 0 Å². The number of hydrogen-bond donors (Lipinski definition) is 3. The van der Waals surface area contributed by atoms with Gasteiger partial charge in [0.2, 0.25) is 5.91 Å². The van der Waals surface area contributed by atoms with Crippen molar-refractivity contribution in [3.63, 3.8) is 0 Å². The fourth-order valence-electron chi connectivity index (χ4n) is 4.78. The molecular formula is C39H34ClN3O4S. The third kappa shape index (κ3) is 8.94. The Labute approximate surface area is 289 Å². The highest BCUT2D eigenvalue weighted by molar-refractivity contribution is 8.00. The van der Waals surface area contributed by atoms with Crippen LogP contribution in [0.2, 0.25) is 5.02 Å². The molecule has 0 saturated heterocycles. The predicted octanol–water partition coefficient (Wildman–Crippen LogP) is 8.85. The molecule has 3 amide bonds. The zero-order valence-electron chi connectivity index (χ0n) is 26.6. The lowest BCUT2D eigenvalue weighted by atomic mass is 10.0. The van der Waals surface area contributed by atoms with Gasteiger partial charge in [0.05, 0.1) is 18.0 Å². The first-order valence-corrected chi connectivity index (χ1v) is 16.4. The second-order valence-electron chi connectivity index (χ2n) is 10.9. The number of halogens is 1. The molecule has 48 heavy (non-hydrogen) atoms. The average Bonchev–Trinajstić information content (AvgIpc) is 3.10. The van der Waals surface area contributed by atoms with Gasteiger partial charge in [-0.25, -0.2) is 0 Å². The number of nitrogens with one attached hydrogen (secondary N) is 3. The van der Waals surface area contributed by atoms with Crippen molar-refractivity contribution >= 4 is 58.5 Å². The van der Waals surface area contributed by atoms with Crippen molar-refractivity contribution in [1.29, 1.82) is 0 Å². The van der Waals surface area contributed by atoms with E-state index >= 15 is 0 Å². The first-order chi connectivity index (χ1) is 23.2. The van der Waals surface area contributed by atoms with Crippen LogP contribution in [0.25, 0.3) is 17.2 Å². The second-order valence-corrected chi connectivity index (χ2v) is 12.7. The van der Waals surface area contributed by atoms with Crippen LogP contribution in [-0.4, -0.2) is 30.1 Å². The number of carbonyl (C=O) groups is 3. The summed E-state index contributed by atoms with van der Waals surface area (Å²) in [6.07, 6.45) is 1.64. The summed E-state index contributed by atoms with van der Waals surface area (Å²) in [5, 5.41) is 8.67. The number of benzene rings is 5. The van der Waals surface area contributed by atoms with E-state index < -0.39 is 17.1 Å². The fraction of sp³-hybridized carbons (Fsp3) is 0.103. The molecule has 5 rings (SSSR count). The van der Waals surface area contributed by atoms with E-state index in [1.807, 2.05) is 73.7 Å². The van der Waals surface area contributed by atoms with Crippen molar-refractivity contribution in [1.82, 2.24) is 5.32 Å². The van der Waals surface area contributed by atoms with Gasteiger partial charge in [-0.15, -0.1) is 11.8 Å². The SMILES string of the molecule is COc1cc(Cl)c(C)cc1NC(=O)C(C)Sc1cccc(NC(=O)/C(=C\c2ccc(-c3ccccc3)cc2)NC(=O)c2ccccc2)c1. The smallest absolute Gasteiger partial charge is 0.272 e. The normalized spacial score (nSPS) is 11.7. The molecule has 0 heterocycles. The first-order valence-electron chi connectivity index (χ1n) is 15.2. The third-order valence-electron chi connectivity index (χ3n) is 7.37. The number of carbonyl (C=O) groups excluding carboxylic acids is 3. The minimum absolute atomic E-state index is 0.0781. The molecule has 0 bridgehead atoms. The highest BCUT2D eigenvalue weighted by Crippen LogP contribution is 2.33.